The summed E-state index contributed by atoms with van der Waals surface area (Å²) in [4.78, 5) is 18.6. The first-order valence-electron chi connectivity index (χ1n) is 6.30. The summed E-state index contributed by atoms with van der Waals surface area (Å²) in [6.07, 6.45) is -1.71. The molecule has 0 unspecified atom stereocenters. The van der Waals surface area contributed by atoms with Crippen LogP contribution in [0, 0.1) is 0 Å². The number of hydrogen-bond donors (Lipinski definition) is 1. The van der Waals surface area contributed by atoms with Crippen molar-refractivity contribution in [3.63, 3.8) is 0 Å². The molecule has 0 radical (unpaired) electrons. The molecule has 112 valence electrons. The lowest BCUT2D eigenvalue weighted by Gasteiger charge is -2.13. The molecule has 2 aromatic rings. The number of carboxylic acids is 1. The number of carboxylic acid groups (broad SMARTS) is 1. The molecule has 0 spiro atoms. The van der Waals surface area contributed by atoms with Crippen LogP contribution in [0.4, 0.5) is 13.2 Å². The number of pyridine rings is 1. The number of aromatic nitrogens is 1. The van der Waals surface area contributed by atoms with Gasteiger partial charge in [0, 0.05) is 18.0 Å². The first kappa shape index (κ1) is 14.2. The van der Waals surface area contributed by atoms with E-state index in [1.807, 2.05) is 0 Å². The average Bonchev–Trinajstić information content (AvgIpc) is 2.93. The van der Waals surface area contributed by atoms with Gasteiger partial charge in [0.1, 0.15) is 5.69 Å². The van der Waals surface area contributed by atoms with E-state index in [1.165, 1.54) is 24.5 Å². The van der Waals surface area contributed by atoms with E-state index >= 15 is 0 Å². The molecular formula is C15H9F3N2O2. The molecule has 3 rings (SSSR count). The first-order valence-corrected chi connectivity index (χ1v) is 6.30. The fraction of sp³-hybridized carbons (Fsp3) is 0.133. The number of fused-ring (bicyclic) bond motifs is 1. The summed E-state index contributed by atoms with van der Waals surface area (Å²) in [6.45, 7) is 0.184. The first-order chi connectivity index (χ1) is 10.4. The van der Waals surface area contributed by atoms with Crippen LogP contribution in [0.1, 0.15) is 27.2 Å². The zero-order valence-corrected chi connectivity index (χ0v) is 11.1. The quantitative estimate of drug-likeness (QED) is 0.925. The second-order valence-electron chi connectivity index (χ2n) is 4.80. The molecule has 0 aliphatic carbocycles. The lowest BCUT2D eigenvalue weighted by Crippen LogP contribution is -2.07. The average molecular weight is 306 g/mol. The Balaban J connectivity index is 2.22. The predicted molar refractivity (Wildman–Crippen MR) is 72.9 cm³/mol. The molecule has 0 amide bonds. The van der Waals surface area contributed by atoms with E-state index < -0.39 is 17.7 Å². The number of halogens is 3. The Kier molecular flexibility index (Phi) is 3.20. The Morgan fingerprint density at radius 2 is 2.00 bits per heavy atom. The van der Waals surface area contributed by atoms with Crippen LogP contribution >= 0.6 is 0 Å². The van der Waals surface area contributed by atoms with Gasteiger partial charge in [0.2, 0.25) is 0 Å². The highest BCUT2D eigenvalue weighted by Crippen LogP contribution is 2.37. The lowest BCUT2D eigenvalue weighted by atomic mass is 9.94. The molecule has 7 heteroatoms. The molecule has 1 aromatic carbocycles. The number of hydrogen-bond acceptors (Lipinski definition) is 3. The fourth-order valence-corrected chi connectivity index (χ4v) is 2.35. The number of aliphatic imine (C=N–C) groups is 1. The van der Waals surface area contributed by atoms with Crippen molar-refractivity contribution in [2.24, 2.45) is 4.99 Å². The standard InChI is InChI=1S/C15H9F3N2O2/c16-15(17,18)10-3-9-6-19-7-12(9)11(5-10)8-1-2-20-13(4-8)14(21)22/h1-5,7H,6H2,(H,21,22). The van der Waals surface area contributed by atoms with Crippen molar-refractivity contribution < 1.29 is 23.1 Å². The smallest absolute Gasteiger partial charge is 0.416 e. The minimum atomic E-state index is -4.48. The maximum atomic E-state index is 13.0. The van der Waals surface area contributed by atoms with Crippen LogP contribution in [0.25, 0.3) is 11.1 Å². The molecular weight excluding hydrogens is 297 g/mol. The summed E-state index contributed by atoms with van der Waals surface area (Å²) >= 11 is 0. The van der Waals surface area contributed by atoms with E-state index in [1.54, 1.807) is 0 Å². The van der Waals surface area contributed by atoms with E-state index in [9.17, 15) is 18.0 Å². The normalized spacial score (nSPS) is 13.2. The topological polar surface area (TPSA) is 62.5 Å². The van der Waals surface area contributed by atoms with Gasteiger partial charge < -0.3 is 5.11 Å². The number of aromatic carboxylic acids is 1. The van der Waals surface area contributed by atoms with Crippen LogP contribution in [0.3, 0.4) is 0 Å². The van der Waals surface area contributed by atoms with Crippen molar-refractivity contribution in [3.8, 4) is 11.1 Å². The van der Waals surface area contributed by atoms with Gasteiger partial charge >= 0.3 is 12.1 Å². The van der Waals surface area contributed by atoms with Gasteiger partial charge in [0.25, 0.3) is 0 Å². The molecule has 2 heterocycles. The Labute approximate surface area is 123 Å². The minimum Gasteiger partial charge on any atom is -0.477 e. The summed E-state index contributed by atoms with van der Waals surface area (Å²) in [5.74, 6) is -1.24. The third-order valence-corrected chi connectivity index (χ3v) is 3.37. The van der Waals surface area contributed by atoms with Crippen molar-refractivity contribution >= 4 is 12.2 Å². The van der Waals surface area contributed by atoms with Crippen molar-refractivity contribution in [2.45, 2.75) is 12.7 Å². The predicted octanol–water partition coefficient (Wildman–Crippen LogP) is 3.40. The minimum absolute atomic E-state index is 0.184. The third-order valence-electron chi connectivity index (χ3n) is 3.37. The number of rotatable bonds is 2. The van der Waals surface area contributed by atoms with Gasteiger partial charge in [0.15, 0.2) is 0 Å². The largest absolute Gasteiger partial charge is 0.477 e. The number of alkyl halides is 3. The van der Waals surface area contributed by atoms with Crippen LogP contribution in [0.15, 0.2) is 35.5 Å². The van der Waals surface area contributed by atoms with Crippen LogP contribution in [0.5, 0.6) is 0 Å². The van der Waals surface area contributed by atoms with Crippen LogP contribution < -0.4 is 0 Å². The van der Waals surface area contributed by atoms with Gasteiger partial charge in [0.05, 0.1) is 12.1 Å². The number of carbonyl (C=O) groups is 1. The molecule has 0 bridgehead atoms. The molecule has 0 atom stereocenters. The van der Waals surface area contributed by atoms with E-state index in [0.717, 1.165) is 12.1 Å². The van der Waals surface area contributed by atoms with Gasteiger partial charge in [-0.15, -0.1) is 0 Å². The van der Waals surface area contributed by atoms with E-state index in [0.29, 0.717) is 22.3 Å². The van der Waals surface area contributed by atoms with Crippen LogP contribution in [-0.2, 0) is 12.7 Å². The molecule has 0 saturated carbocycles. The van der Waals surface area contributed by atoms with Gasteiger partial charge in [-0.05, 0) is 41.0 Å². The molecule has 22 heavy (non-hydrogen) atoms. The maximum absolute atomic E-state index is 13.0. The second-order valence-corrected chi connectivity index (χ2v) is 4.80. The van der Waals surface area contributed by atoms with Crippen LogP contribution in [-0.4, -0.2) is 22.3 Å². The summed E-state index contributed by atoms with van der Waals surface area (Å²) in [7, 11) is 0. The SMILES string of the molecule is O=C(O)c1cc(-c2cc(C(F)(F)F)cc3c2C=NC3)ccn1. The van der Waals surface area contributed by atoms with E-state index in [4.69, 9.17) is 5.11 Å². The highest BCUT2D eigenvalue weighted by Gasteiger charge is 2.32. The fourth-order valence-electron chi connectivity index (χ4n) is 2.35. The summed E-state index contributed by atoms with van der Waals surface area (Å²) in [6, 6.07) is 4.82. The highest BCUT2D eigenvalue weighted by atomic mass is 19.4. The second kappa shape index (κ2) is 4.94. The van der Waals surface area contributed by atoms with Crippen molar-refractivity contribution in [2.75, 3.05) is 0 Å². The monoisotopic (exact) mass is 306 g/mol. The Morgan fingerprint density at radius 1 is 1.23 bits per heavy atom. The van der Waals surface area contributed by atoms with E-state index in [2.05, 4.69) is 9.98 Å². The van der Waals surface area contributed by atoms with Crippen molar-refractivity contribution in [1.82, 2.24) is 4.98 Å². The Bertz CT molecular complexity index is 798. The zero-order chi connectivity index (χ0) is 15.9. The zero-order valence-electron chi connectivity index (χ0n) is 11.1. The van der Waals surface area contributed by atoms with Gasteiger partial charge in [-0.1, -0.05) is 0 Å². The van der Waals surface area contributed by atoms with E-state index in [-0.39, 0.29) is 12.2 Å². The molecule has 4 nitrogen and oxygen atoms in total. The molecule has 0 saturated heterocycles. The molecule has 1 N–H and O–H groups in total. The maximum Gasteiger partial charge on any atom is 0.416 e. The van der Waals surface area contributed by atoms with Gasteiger partial charge in [-0.25, -0.2) is 9.78 Å². The molecule has 1 aliphatic rings. The van der Waals surface area contributed by atoms with Gasteiger partial charge in [-0.3, -0.25) is 4.99 Å². The van der Waals surface area contributed by atoms with Gasteiger partial charge in [-0.2, -0.15) is 13.2 Å². The van der Waals surface area contributed by atoms with Crippen molar-refractivity contribution in [3.05, 3.63) is 52.8 Å². The Hall–Kier alpha value is -2.70. The molecule has 1 aromatic heterocycles. The Morgan fingerprint density at radius 3 is 2.68 bits per heavy atom. The third kappa shape index (κ3) is 2.45. The molecule has 0 fully saturated rings. The summed E-state index contributed by atoms with van der Waals surface area (Å²) in [5, 5.41) is 8.96. The summed E-state index contributed by atoms with van der Waals surface area (Å²) in [5.41, 5.74) is 0.715. The number of nitrogens with zero attached hydrogens (tertiary/aromatic N) is 2. The number of benzene rings is 1. The molecule has 1 aliphatic heterocycles. The summed E-state index contributed by atoms with van der Waals surface area (Å²) < 4.78 is 39.0. The lowest BCUT2D eigenvalue weighted by molar-refractivity contribution is -0.137. The van der Waals surface area contributed by atoms with Crippen molar-refractivity contribution in [1.29, 1.82) is 0 Å². The van der Waals surface area contributed by atoms with Crippen LogP contribution in [0.2, 0.25) is 0 Å². The highest BCUT2D eigenvalue weighted by molar-refractivity contribution is 5.95.